The van der Waals surface area contributed by atoms with Gasteiger partial charge in [-0.25, -0.2) is 18.7 Å². The van der Waals surface area contributed by atoms with Crippen LogP contribution in [0.2, 0.25) is 0 Å². The normalized spacial score (nSPS) is 16.5. The molecule has 0 aromatic carbocycles. The molecule has 30 heavy (non-hydrogen) atoms. The number of pyridine rings is 2. The first-order chi connectivity index (χ1) is 14.5. The maximum atomic E-state index is 12.9. The van der Waals surface area contributed by atoms with Gasteiger partial charge in [-0.1, -0.05) is 6.07 Å². The summed E-state index contributed by atoms with van der Waals surface area (Å²) in [7, 11) is 0. The molecule has 158 valence electrons. The van der Waals surface area contributed by atoms with Crippen LogP contribution in [-0.2, 0) is 17.6 Å². The maximum absolute atomic E-state index is 12.9. The van der Waals surface area contributed by atoms with E-state index in [-0.39, 0.29) is 17.9 Å². The molecule has 4 heterocycles. The lowest BCUT2D eigenvalue weighted by Gasteiger charge is -2.11. The van der Waals surface area contributed by atoms with Crippen molar-refractivity contribution >= 4 is 11.4 Å². The van der Waals surface area contributed by atoms with Gasteiger partial charge in [0.15, 0.2) is 5.78 Å². The number of Topliss-reactive ketones (excluding diaryl/α,β-unsaturated/α-hetero) is 1. The van der Waals surface area contributed by atoms with Crippen LogP contribution < -0.4 is 4.74 Å². The topological polar surface area (TPSA) is 65.7 Å². The van der Waals surface area contributed by atoms with Crippen molar-refractivity contribution in [3.63, 3.8) is 0 Å². The largest absolute Gasteiger partial charge is 0.493 e. The fraction of sp³-hybridized carbons (Fsp3) is 0.409. The third-order valence-corrected chi connectivity index (χ3v) is 5.13. The summed E-state index contributed by atoms with van der Waals surface area (Å²) >= 11 is 0. The number of imidazole rings is 1. The lowest BCUT2D eigenvalue weighted by molar-refractivity contribution is 0.0984. The lowest BCUT2D eigenvalue weighted by Crippen LogP contribution is -2.10. The van der Waals surface area contributed by atoms with Gasteiger partial charge >= 0.3 is 0 Å². The number of hydrogen-bond donors (Lipinski definition) is 0. The van der Waals surface area contributed by atoms with Gasteiger partial charge in [0.05, 0.1) is 12.3 Å². The Kier molecular flexibility index (Phi) is 6.03. The molecule has 1 aliphatic heterocycles. The number of ketones is 1. The van der Waals surface area contributed by atoms with Crippen molar-refractivity contribution in [1.82, 2.24) is 14.4 Å². The molecule has 0 amide bonds. The van der Waals surface area contributed by atoms with Crippen LogP contribution in [0.15, 0.2) is 36.7 Å². The molecule has 1 fully saturated rings. The molecule has 0 unspecified atom stereocenters. The van der Waals surface area contributed by atoms with Crippen molar-refractivity contribution in [1.29, 1.82) is 0 Å². The zero-order chi connectivity index (χ0) is 21.1. The van der Waals surface area contributed by atoms with Crippen molar-refractivity contribution in [3.05, 3.63) is 59.3 Å². The number of carbonyl (C=O) groups is 1. The molecule has 1 atom stereocenters. The van der Waals surface area contributed by atoms with Crippen LogP contribution in [0.4, 0.5) is 8.78 Å². The summed E-state index contributed by atoms with van der Waals surface area (Å²) in [5, 5.41) is 0. The Hall–Kier alpha value is -2.87. The van der Waals surface area contributed by atoms with Gasteiger partial charge in [0.25, 0.3) is 6.43 Å². The smallest absolute Gasteiger partial charge is 0.280 e. The summed E-state index contributed by atoms with van der Waals surface area (Å²) in [5.41, 5.74) is 1.97. The second kappa shape index (κ2) is 8.87. The quantitative estimate of drug-likeness (QED) is 0.519. The van der Waals surface area contributed by atoms with Crippen molar-refractivity contribution in [3.8, 4) is 5.75 Å². The van der Waals surface area contributed by atoms with Gasteiger partial charge in [-0.05, 0) is 37.8 Å². The Morgan fingerprint density at radius 2 is 2.20 bits per heavy atom. The van der Waals surface area contributed by atoms with E-state index in [1.807, 2.05) is 29.8 Å². The first-order valence-electron chi connectivity index (χ1n) is 10.0. The van der Waals surface area contributed by atoms with Crippen LogP contribution >= 0.6 is 0 Å². The third-order valence-electron chi connectivity index (χ3n) is 5.13. The average molecular weight is 415 g/mol. The minimum absolute atomic E-state index is 0.00502. The van der Waals surface area contributed by atoms with E-state index in [1.165, 1.54) is 18.2 Å². The van der Waals surface area contributed by atoms with E-state index in [0.717, 1.165) is 37.4 Å². The number of ether oxygens (including phenoxy) is 2. The van der Waals surface area contributed by atoms with Crippen LogP contribution in [0.1, 0.15) is 47.2 Å². The van der Waals surface area contributed by atoms with Gasteiger partial charge in [-0.3, -0.25) is 4.79 Å². The van der Waals surface area contributed by atoms with Crippen molar-refractivity contribution in [2.75, 3.05) is 19.8 Å². The van der Waals surface area contributed by atoms with Gasteiger partial charge in [0, 0.05) is 43.7 Å². The fourth-order valence-electron chi connectivity index (χ4n) is 3.66. The van der Waals surface area contributed by atoms with Crippen molar-refractivity contribution in [2.24, 2.45) is 5.92 Å². The first kappa shape index (κ1) is 20.4. The molecule has 0 N–H and O–H groups in total. The minimum atomic E-state index is -2.72. The Balaban J connectivity index is 1.60. The predicted molar refractivity (Wildman–Crippen MR) is 106 cm³/mol. The summed E-state index contributed by atoms with van der Waals surface area (Å²) in [6, 6.07) is 5.89. The van der Waals surface area contributed by atoms with Crippen LogP contribution in [0.3, 0.4) is 0 Å². The molecule has 0 spiro atoms. The van der Waals surface area contributed by atoms with E-state index in [2.05, 4.69) is 9.97 Å². The number of rotatable bonds is 8. The van der Waals surface area contributed by atoms with Gasteiger partial charge < -0.3 is 13.9 Å². The Bertz CT molecular complexity index is 1050. The van der Waals surface area contributed by atoms with E-state index in [4.69, 9.17) is 9.47 Å². The molecule has 0 saturated carbocycles. The maximum Gasteiger partial charge on any atom is 0.280 e. The fourth-order valence-corrected chi connectivity index (χ4v) is 3.66. The van der Waals surface area contributed by atoms with Gasteiger partial charge in [0.2, 0.25) is 0 Å². The third kappa shape index (κ3) is 4.48. The van der Waals surface area contributed by atoms with Gasteiger partial charge in [-0.15, -0.1) is 0 Å². The van der Waals surface area contributed by atoms with Crippen LogP contribution in [0, 0.1) is 5.92 Å². The lowest BCUT2D eigenvalue weighted by atomic mass is 10.0. The van der Waals surface area contributed by atoms with Crippen LogP contribution in [-0.4, -0.2) is 40.0 Å². The Morgan fingerprint density at radius 3 is 2.93 bits per heavy atom. The van der Waals surface area contributed by atoms with Gasteiger partial charge in [-0.2, -0.15) is 0 Å². The van der Waals surface area contributed by atoms with Crippen molar-refractivity contribution in [2.45, 2.75) is 32.6 Å². The number of halogens is 2. The van der Waals surface area contributed by atoms with Crippen LogP contribution in [0.5, 0.6) is 5.75 Å². The number of alkyl halides is 2. The molecule has 0 radical (unpaired) electrons. The summed E-state index contributed by atoms with van der Waals surface area (Å²) in [6.45, 7) is 3.84. The molecule has 1 saturated heterocycles. The molecule has 4 rings (SSSR count). The van der Waals surface area contributed by atoms with E-state index in [9.17, 15) is 13.6 Å². The number of hydrogen-bond acceptors (Lipinski definition) is 5. The monoisotopic (exact) mass is 415 g/mol. The highest BCUT2D eigenvalue weighted by Gasteiger charge is 2.20. The predicted octanol–water partition coefficient (Wildman–Crippen LogP) is 4.07. The highest BCUT2D eigenvalue weighted by molar-refractivity contribution is 5.96. The number of carbonyl (C=O) groups excluding carboxylic acids is 1. The van der Waals surface area contributed by atoms with E-state index < -0.39 is 12.1 Å². The minimum Gasteiger partial charge on any atom is -0.493 e. The molecule has 3 aromatic heterocycles. The second-order valence-electron chi connectivity index (χ2n) is 7.38. The van der Waals surface area contributed by atoms with E-state index in [0.29, 0.717) is 23.8 Å². The van der Waals surface area contributed by atoms with E-state index >= 15 is 0 Å². The average Bonchev–Trinajstić information content (AvgIpc) is 3.38. The first-order valence-corrected chi connectivity index (χ1v) is 10.0. The van der Waals surface area contributed by atoms with Crippen LogP contribution in [0.25, 0.3) is 5.65 Å². The molecule has 0 aliphatic carbocycles. The summed E-state index contributed by atoms with van der Waals surface area (Å²) < 4.78 is 38.9. The Morgan fingerprint density at radius 1 is 1.33 bits per heavy atom. The standard InChI is InChI=1S/C22H23F2N3O3/c1-2-30-20-10-21-25-16(8-14-6-7-29-13-14)12-27(21)11-15(20)9-19(28)17-4-3-5-18(26-17)22(23)24/h3-5,10-12,14,22H,2,6-9,13H2,1H3/t14-/m1/s1. The number of aromatic nitrogens is 3. The van der Waals surface area contributed by atoms with E-state index in [1.54, 1.807) is 0 Å². The number of nitrogens with zero attached hydrogens (tertiary/aromatic N) is 3. The molecule has 6 nitrogen and oxygen atoms in total. The molecule has 8 heteroatoms. The SMILES string of the molecule is CCOc1cc2nc(C[C@H]3CCOC3)cn2cc1CC(=O)c1cccc(C(F)F)n1. The molecule has 1 aliphatic rings. The molecule has 3 aromatic rings. The Labute approximate surface area is 172 Å². The summed E-state index contributed by atoms with van der Waals surface area (Å²) in [6.07, 6.45) is 2.91. The summed E-state index contributed by atoms with van der Waals surface area (Å²) in [5.74, 6) is 0.682. The summed E-state index contributed by atoms with van der Waals surface area (Å²) in [4.78, 5) is 21.2. The molecular formula is C22H23F2N3O3. The second-order valence-corrected chi connectivity index (χ2v) is 7.38. The highest BCUT2D eigenvalue weighted by Crippen LogP contribution is 2.25. The zero-order valence-electron chi connectivity index (χ0n) is 16.7. The highest BCUT2D eigenvalue weighted by atomic mass is 19.3. The van der Waals surface area contributed by atoms with Gasteiger partial charge in [0.1, 0.15) is 22.8 Å². The molecular weight excluding hydrogens is 392 g/mol. The zero-order valence-corrected chi connectivity index (χ0v) is 16.7. The molecule has 0 bridgehead atoms. The van der Waals surface area contributed by atoms with Crippen molar-refractivity contribution < 1.29 is 23.0 Å². The number of fused-ring (bicyclic) bond motifs is 1.